The van der Waals surface area contributed by atoms with E-state index in [2.05, 4.69) is 18.4 Å². The smallest absolute Gasteiger partial charge is 0.327 e. The van der Waals surface area contributed by atoms with E-state index in [1.807, 2.05) is 0 Å². The second-order valence-electron chi connectivity index (χ2n) is 6.02. The van der Waals surface area contributed by atoms with Gasteiger partial charge in [-0.2, -0.15) is 0 Å². The topological polar surface area (TPSA) is 65.0 Å². The maximum atomic E-state index is 11.6. The molecule has 0 rings (SSSR count). The van der Waals surface area contributed by atoms with Gasteiger partial charge in [0.05, 0.1) is 18.9 Å². The number of unbranched alkanes of at least 4 members (excludes halogenated alkanes) is 6. The van der Waals surface area contributed by atoms with Crippen LogP contribution in [0.2, 0.25) is 0 Å². The minimum Gasteiger partial charge on any atom is -0.379 e. The summed E-state index contributed by atoms with van der Waals surface area (Å²) < 4.78 is 27.7. The lowest BCUT2D eigenvalue weighted by Crippen LogP contribution is -2.22. The van der Waals surface area contributed by atoms with Crippen LogP contribution in [-0.4, -0.2) is 44.1 Å². The van der Waals surface area contributed by atoms with Gasteiger partial charge < -0.3 is 18.9 Å². The van der Waals surface area contributed by atoms with E-state index in [9.17, 15) is 9.46 Å². The predicted molar refractivity (Wildman–Crippen MR) is 95.2 cm³/mol. The summed E-state index contributed by atoms with van der Waals surface area (Å²) in [6.45, 7) is 6.28. The average Bonchev–Trinajstić information content (AvgIpc) is 2.54. The summed E-state index contributed by atoms with van der Waals surface area (Å²) in [6.07, 6.45) is 9.80. The molecule has 0 amide bonds. The average molecular weight is 352 g/mol. The highest BCUT2D eigenvalue weighted by molar-refractivity contribution is 7.52. The van der Waals surface area contributed by atoms with Crippen LogP contribution in [-0.2, 0) is 18.6 Å². The van der Waals surface area contributed by atoms with Crippen molar-refractivity contribution in [3.05, 3.63) is 0 Å². The van der Waals surface area contributed by atoms with Crippen LogP contribution in [0.15, 0.2) is 0 Å². The van der Waals surface area contributed by atoms with Crippen molar-refractivity contribution in [2.45, 2.75) is 77.7 Å². The predicted octanol–water partition coefficient (Wildman–Crippen LogP) is 4.77. The Morgan fingerprint density at radius 3 is 2.13 bits per heavy atom. The van der Waals surface area contributed by atoms with Gasteiger partial charge in [0.2, 0.25) is 0 Å². The Kier molecular flexibility index (Phi) is 15.6. The molecule has 1 unspecified atom stereocenters. The Hall–Kier alpha value is 0.0700. The van der Waals surface area contributed by atoms with Crippen LogP contribution >= 0.6 is 7.60 Å². The molecule has 0 radical (unpaired) electrons. The molecule has 140 valence electrons. The highest BCUT2D eigenvalue weighted by atomic mass is 31.2. The molecule has 0 saturated carbocycles. The summed E-state index contributed by atoms with van der Waals surface area (Å²) >= 11 is 0. The molecule has 23 heavy (non-hydrogen) atoms. The molecule has 0 bridgehead atoms. The summed E-state index contributed by atoms with van der Waals surface area (Å²) in [4.78, 5) is 9.52. The molecule has 0 spiro atoms. The fourth-order valence-corrected chi connectivity index (χ4v) is 3.03. The molecule has 2 atom stereocenters. The SMILES string of the molecule is CCCCCCOC[C@@H](CCP(=O)(O)OC)OCCCCCC. The Bertz CT molecular complexity index is 299. The van der Waals surface area contributed by atoms with Gasteiger partial charge in [-0.1, -0.05) is 52.4 Å². The number of hydrogen-bond donors (Lipinski definition) is 1. The molecule has 1 N–H and O–H groups in total. The Balaban J connectivity index is 3.98. The third kappa shape index (κ3) is 15.3. The number of rotatable bonds is 17. The first-order chi connectivity index (χ1) is 11.1. The molecule has 0 fully saturated rings. The van der Waals surface area contributed by atoms with Gasteiger partial charge in [0.1, 0.15) is 0 Å². The monoisotopic (exact) mass is 352 g/mol. The summed E-state index contributed by atoms with van der Waals surface area (Å²) in [5.74, 6) is 0. The molecule has 0 aromatic carbocycles. The van der Waals surface area contributed by atoms with Crippen LogP contribution in [0.1, 0.15) is 71.6 Å². The van der Waals surface area contributed by atoms with Gasteiger partial charge in [0.15, 0.2) is 0 Å². The molecule has 0 saturated heterocycles. The van der Waals surface area contributed by atoms with Crippen LogP contribution in [0.25, 0.3) is 0 Å². The van der Waals surface area contributed by atoms with Crippen LogP contribution in [0.4, 0.5) is 0 Å². The fourth-order valence-electron chi connectivity index (χ4n) is 2.24. The zero-order valence-electron chi connectivity index (χ0n) is 15.3. The lowest BCUT2D eigenvalue weighted by atomic mass is 10.2. The lowest BCUT2D eigenvalue weighted by molar-refractivity contribution is -0.0201. The molecule has 0 heterocycles. The summed E-state index contributed by atoms with van der Waals surface area (Å²) in [6, 6.07) is 0. The van der Waals surface area contributed by atoms with Crippen molar-refractivity contribution in [3.8, 4) is 0 Å². The maximum Gasteiger partial charge on any atom is 0.327 e. The van der Waals surface area contributed by atoms with Gasteiger partial charge in [-0.05, 0) is 19.3 Å². The van der Waals surface area contributed by atoms with E-state index in [4.69, 9.17) is 9.47 Å². The van der Waals surface area contributed by atoms with Crippen molar-refractivity contribution >= 4 is 7.60 Å². The van der Waals surface area contributed by atoms with E-state index in [1.54, 1.807) is 0 Å². The third-order valence-corrected chi connectivity index (χ3v) is 5.21. The summed E-state index contributed by atoms with van der Waals surface area (Å²) in [5, 5.41) is 0. The Labute approximate surface area is 142 Å². The van der Waals surface area contributed by atoms with E-state index in [0.717, 1.165) is 25.9 Å². The maximum absolute atomic E-state index is 11.6. The lowest BCUT2D eigenvalue weighted by Gasteiger charge is -2.19. The Morgan fingerprint density at radius 2 is 1.57 bits per heavy atom. The molecule has 0 aromatic rings. The molecular weight excluding hydrogens is 315 g/mol. The highest BCUT2D eigenvalue weighted by Gasteiger charge is 2.20. The molecule has 0 aliphatic carbocycles. The normalized spacial score (nSPS) is 15.5. The number of ether oxygens (including phenoxy) is 2. The first-order valence-electron chi connectivity index (χ1n) is 9.12. The first-order valence-corrected chi connectivity index (χ1v) is 10.9. The van der Waals surface area contributed by atoms with Crippen LogP contribution in [0, 0.1) is 0 Å². The van der Waals surface area contributed by atoms with Crippen LogP contribution in [0.3, 0.4) is 0 Å². The Morgan fingerprint density at radius 1 is 0.957 bits per heavy atom. The number of hydrogen-bond acceptors (Lipinski definition) is 4. The second-order valence-corrected chi connectivity index (χ2v) is 8.11. The van der Waals surface area contributed by atoms with E-state index in [0.29, 0.717) is 19.6 Å². The van der Waals surface area contributed by atoms with E-state index < -0.39 is 7.60 Å². The van der Waals surface area contributed by atoms with Crippen LogP contribution in [0.5, 0.6) is 0 Å². The largest absolute Gasteiger partial charge is 0.379 e. The summed E-state index contributed by atoms with van der Waals surface area (Å²) in [7, 11) is -2.20. The van der Waals surface area contributed by atoms with Crippen molar-refractivity contribution in [3.63, 3.8) is 0 Å². The third-order valence-electron chi connectivity index (χ3n) is 3.82. The molecule has 0 aromatic heterocycles. The first kappa shape index (κ1) is 23.1. The quantitative estimate of drug-likeness (QED) is 0.302. The molecule has 0 aliphatic rings. The fraction of sp³-hybridized carbons (Fsp3) is 1.00. The van der Waals surface area contributed by atoms with Crippen molar-refractivity contribution in [1.82, 2.24) is 0 Å². The summed E-state index contributed by atoms with van der Waals surface area (Å²) in [5.41, 5.74) is 0. The van der Waals surface area contributed by atoms with Crippen LogP contribution < -0.4 is 0 Å². The zero-order valence-corrected chi connectivity index (χ0v) is 16.2. The van der Waals surface area contributed by atoms with Crippen molar-refractivity contribution in [1.29, 1.82) is 0 Å². The van der Waals surface area contributed by atoms with Gasteiger partial charge in [-0.25, -0.2) is 0 Å². The molecule has 5 nitrogen and oxygen atoms in total. The van der Waals surface area contributed by atoms with Crippen molar-refractivity contribution in [2.75, 3.05) is 33.1 Å². The van der Waals surface area contributed by atoms with E-state index >= 15 is 0 Å². The van der Waals surface area contributed by atoms with Crippen molar-refractivity contribution < 1.29 is 23.5 Å². The van der Waals surface area contributed by atoms with E-state index in [-0.39, 0.29) is 12.3 Å². The van der Waals surface area contributed by atoms with Gasteiger partial charge in [-0.3, -0.25) is 4.57 Å². The van der Waals surface area contributed by atoms with Gasteiger partial charge >= 0.3 is 7.60 Å². The minimum absolute atomic E-state index is 0.113. The van der Waals surface area contributed by atoms with Gasteiger partial charge in [0, 0.05) is 20.3 Å². The minimum atomic E-state index is -3.47. The van der Waals surface area contributed by atoms with Gasteiger partial charge in [-0.15, -0.1) is 0 Å². The zero-order chi connectivity index (χ0) is 17.4. The molecular formula is C17H37O5P. The van der Waals surface area contributed by atoms with Crippen molar-refractivity contribution in [2.24, 2.45) is 0 Å². The molecule has 0 aliphatic heterocycles. The van der Waals surface area contributed by atoms with E-state index in [1.165, 1.54) is 39.2 Å². The second kappa shape index (κ2) is 15.6. The standard InChI is InChI=1S/C17H37O5P/c1-4-6-8-10-13-21-16-17(12-15-23(18,19)20-3)22-14-11-9-7-5-2/h17H,4-16H2,1-3H3,(H,18,19)/t17-/m1/s1. The highest BCUT2D eigenvalue weighted by Crippen LogP contribution is 2.41. The molecule has 6 heteroatoms. The van der Waals surface area contributed by atoms with Gasteiger partial charge in [0.25, 0.3) is 0 Å².